The van der Waals surface area contributed by atoms with Crippen LogP contribution in [0.4, 0.5) is 0 Å². The maximum atomic E-state index is 5.90. The van der Waals surface area contributed by atoms with Crippen LogP contribution in [0.2, 0.25) is 0 Å². The summed E-state index contributed by atoms with van der Waals surface area (Å²) in [5, 5.41) is 3.44. The Hall–Kier alpha value is -1.16. The molecular weight excluding hydrogens is 201 g/mol. The Bertz CT molecular complexity index is 350. The van der Waals surface area contributed by atoms with Crippen molar-refractivity contribution in [3.63, 3.8) is 0 Å². The summed E-state index contributed by atoms with van der Waals surface area (Å²) in [6.45, 7) is 1.07. The van der Waals surface area contributed by atoms with Crippen LogP contribution in [0.25, 0.3) is 0 Å². The number of benzene rings is 1. The largest absolute Gasteiger partial charge is 0.497 e. The summed E-state index contributed by atoms with van der Waals surface area (Å²) in [6.07, 6.45) is 2.36. The first-order valence-corrected chi connectivity index (χ1v) is 5.51. The van der Waals surface area contributed by atoms with Gasteiger partial charge in [-0.2, -0.15) is 0 Å². The lowest BCUT2D eigenvalue weighted by molar-refractivity contribution is 0.398. The fourth-order valence-corrected chi connectivity index (χ4v) is 2.13. The van der Waals surface area contributed by atoms with Crippen molar-refractivity contribution in [3.8, 4) is 11.5 Å². The van der Waals surface area contributed by atoms with E-state index in [-0.39, 0.29) is 0 Å². The van der Waals surface area contributed by atoms with E-state index in [1.165, 1.54) is 12.0 Å². The Labute approximate surface area is 97.5 Å². The molecule has 3 nitrogen and oxygen atoms in total. The molecule has 1 heterocycles. The number of nitrogens with one attached hydrogen (secondary N) is 1. The van der Waals surface area contributed by atoms with Gasteiger partial charge in [0.15, 0.2) is 0 Å². The highest BCUT2D eigenvalue weighted by molar-refractivity contribution is 6.36. The average molecular weight is 217 g/mol. The third-order valence-electron chi connectivity index (χ3n) is 3.03. The smallest absolute Gasteiger partial charge is 0.124 e. The number of ether oxygens (including phenoxy) is 2. The molecule has 84 valence electrons. The van der Waals surface area contributed by atoms with Crippen LogP contribution >= 0.6 is 0 Å². The van der Waals surface area contributed by atoms with E-state index in [0.29, 0.717) is 23.0 Å². The molecule has 1 aromatic carbocycles. The van der Waals surface area contributed by atoms with E-state index in [4.69, 9.17) is 17.3 Å². The van der Waals surface area contributed by atoms with Gasteiger partial charge in [-0.1, -0.05) is 0 Å². The van der Waals surface area contributed by atoms with E-state index in [9.17, 15) is 0 Å². The van der Waals surface area contributed by atoms with Crippen LogP contribution in [-0.4, -0.2) is 28.6 Å². The van der Waals surface area contributed by atoms with Crippen LogP contribution < -0.4 is 20.3 Å². The lowest BCUT2D eigenvalue weighted by Crippen LogP contribution is -2.17. The Kier molecular flexibility index (Phi) is 3.39. The number of hydrogen-bond donors (Lipinski definition) is 1. The molecule has 0 bridgehead atoms. The molecule has 0 saturated carbocycles. The van der Waals surface area contributed by atoms with E-state index < -0.39 is 0 Å². The van der Waals surface area contributed by atoms with Gasteiger partial charge in [-0.05, 0) is 42.5 Å². The molecule has 1 aromatic rings. The van der Waals surface area contributed by atoms with Crippen LogP contribution in [0.3, 0.4) is 0 Å². The van der Waals surface area contributed by atoms with Crippen molar-refractivity contribution < 1.29 is 9.47 Å². The van der Waals surface area contributed by atoms with Crippen LogP contribution in [0.1, 0.15) is 24.4 Å². The minimum Gasteiger partial charge on any atom is -0.497 e. The SMILES string of the molecule is [B]c1c(OC)cc(C2CCCN2)cc1OC. The van der Waals surface area contributed by atoms with Crippen molar-refractivity contribution in [2.45, 2.75) is 18.9 Å². The van der Waals surface area contributed by atoms with E-state index in [1.807, 2.05) is 12.1 Å². The quantitative estimate of drug-likeness (QED) is 0.763. The molecule has 16 heavy (non-hydrogen) atoms. The first-order chi connectivity index (χ1) is 7.76. The summed E-state index contributed by atoms with van der Waals surface area (Å²) in [5.74, 6) is 1.37. The summed E-state index contributed by atoms with van der Waals surface area (Å²) in [5.41, 5.74) is 1.74. The fraction of sp³-hybridized carbons (Fsp3) is 0.500. The number of hydrogen-bond acceptors (Lipinski definition) is 3. The van der Waals surface area contributed by atoms with Gasteiger partial charge in [-0.15, -0.1) is 0 Å². The van der Waals surface area contributed by atoms with Crippen molar-refractivity contribution in [1.82, 2.24) is 5.32 Å². The molecule has 0 aromatic heterocycles. The Morgan fingerprint density at radius 2 is 1.88 bits per heavy atom. The predicted octanol–water partition coefficient (Wildman–Crippen LogP) is 0.922. The van der Waals surface area contributed by atoms with Gasteiger partial charge in [0, 0.05) is 6.04 Å². The molecule has 0 aliphatic carbocycles. The van der Waals surface area contributed by atoms with E-state index in [2.05, 4.69) is 5.32 Å². The Morgan fingerprint density at radius 1 is 1.25 bits per heavy atom. The molecule has 1 aliphatic heterocycles. The second kappa shape index (κ2) is 4.79. The van der Waals surface area contributed by atoms with Gasteiger partial charge in [0.05, 0.1) is 14.2 Å². The molecule has 1 aliphatic rings. The molecule has 1 saturated heterocycles. The molecule has 0 spiro atoms. The summed E-state index contributed by atoms with van der Waals surface area (Å²) < 4.78 is 10.5. The second-order valence-corrected chi connectivity index (χ2v) is 3.99. The highest BCUT2D eigenvalue weighted by atomic mass is 16.5. The first kappa shape index (κ1) is 11.3. The highest BCUT2D eigenvalue weighted by Gasteiger charge is 2.18. The minimum absolute atomic E-state index is 0.392. The van der Waals surface area contributed by atoms with Crippen molar-refractivity contribution in [2.24, 2.45) is 0 Å². The zero-order valence-corrected chi connectivity index (χ0v) is 9.75. The average Bonchev–Trinajstić information content (AvgIpc) is 2.83. The maximum absolute atomic E-state index is 5.90. The van der Waals surface area contributed by atoms with E-state index in [1.54, 1.807) is 14.2 Å². The van der Waals surface area contributed by atoms with E-state index >= 15 is 0 Å². The van der Waals surface area contributed by atoms with Gasteiger partial charge < -0.3 is 14.8 Å². The summed E-state index contributed by atoms with van der Waals surface area (Å²) >= 11 is 0. The Morgan fingerprint density at radius 3 is 2.31 bits per heavy atom. The molecular formula is C12H16BNO2. The standard InChI is InChI=1S/C12H16BNO2/c1-15-10-6-8(9-4-3-5-14-9)7-11(16-2)12(10)13/h6-7,9,14H,3-5H2,1-2H3. The van der Waals surface area contributed by atoms with Crippen LogP contribution in [0.5, 0.6) is 11.5 Å². The number of methoxy groups -OCH3 is 2. The molecule has 1 atom stereocenters. The zero-order chi connectivity index (χ0) is 11.5. The molecule has 2 rings (SSSR count). The van der Waals surface area contributed by atoms with Gasteiger partial charge in [0.25, 0.3) is 0 Å². The zero-order valence-electron chi connectivity index (χ0n) is 9.75. The van der Waals surface area contributed by atoms with Crippen LogP contribution in [0.15, 0.2) is 12.1 Å². The van der Waals surface area contributed by atoms with Gasteiger partial charge in [-0.25, -0.2) is 0 Å². The molecule has 0 amide bonds. The first-order valence-electron chi connectivity index (χ1n) is 5.51. The van der Waals surface area contributed by atoms with Crippen LogP contribution in [-0.2, 0) is 0 Å². The normalized spacial score (nSPS) is 19.8. The monoisotopic (exact) mass is 217 g/mol. The second-order valence-electron chi connectivity index (χ2n) is 3.99. The third-order valence-corrected chi connectivity index (χ3v) is 3.03. The summed E-state index contributed by atoms with van der Waals surface area (Å²) in [4.78, 5) is 0. The highest BCUT2D eigenvalue weighted by Crippen LogP contribution is 2.28. The molecule has 1 N–H and O–H groups in total. The molecule has 2 radical (unpaired) electrons. The van der Waals surface area contributed by atoms with Gasteiger partial charge in [-0.3, -0.25) is 0 Å². The predicted molar refractivity (Wildman–Crippen MR) is 64.9 cm³/mol. The summed E-state index contributed by atoms with van der Waals surface area (Å²) in [7, 11) is 9.15. The minimum atomic E-state index is 0.392. The summed E-state index contributed by atoms with van der Waals surface area (Å²) in [6, 6.07) is 4.37. The fourth-order valence-electron chi connectivity index (χ4n) is 2.13. The van der Waals surface area contributed by atoms with E-state index in [0.717, 1.165) is 13.0 Å². The van der Waals surface area contributed by atoms with Crippen molar-refractivity contribution in [2.75, 3.05) is 20.8 Å². The number of rotatable bonds is 3. The Balaban J connectivity index is 2.37. The van der Waals surface area contributed by atoms with Crippen LogP contribution in [0, 0.1) is 0 Å². The van der Waals surface area contributed by atoms with Crippen molar-refractivity contribution in [3.05, 3.63) is 17.7 Å². The maximum Gasteiger partial charge on any atom is 0.124 e. The topological polar surface area (TPSA) is 30.5 Å². The van der Waals surface area contributed by atoms with Crippen molar-refractivity contribution in [1.29, 1.82) is 0 Å². The van der Waals surface area contributed by atoms with Crippen molar-refractivity contribution >= 4 is 13.3 Å². The molecule has 1 unspecified atom stereocenters. The third kappa shape index (κ3) is 2.02. The molecule has 1 fully saturated rings. The van der Waals surface area contributed by atoms with Gasteiger partial charge >= 0.3 is 0 Å². The lowest BCUT2D eigenvalue weighted by atomic mass is 9.90. The lowest BCUT2D eigenvalue weighted by Gasteiger charge is -2.16. The van der Waals surface area contributed by atoms with Gasteiger partial charge in [0.2, 0.25) is 0 Å². The molecule has 4 heteroatoms. The van der Waals surface area contributed by atoms with Gasteiger partial charge in [0.1, 0.15) is 19.3 Å².